The summed E-state index contributed by atoms with van der Waals surface area (Å²) in [4.78, 5) is 0. The van der Waals surface area contributed by atoms with Gasteiger partial charge in [0, 0.05) is 12.8 Å². The fourth-order valence-electron chi connectivity index (χ4n) is 1.24. The zero-order valence-electron chi connectivity index (χ0n) is 9.09. The summed E-state index contributed by atoms with van der Waals surface area (Å²) in [6.07, 6.45) is 8.30. The van der Waals surface area contributed by atoms with Gasteiger partial charge in [-0.15, -0.1) is 12.3 Å². The Morgan fingerprint density at radius 3 is 2.88 bits per heavy atom. The van der Waals surface area contributed by atoms with Crippen molar-refractivity contribution in [3.63, 3.8) is 0 Å². The topological polar surface area (TPSA) is 43.4 Å². The second-order valence-corrected chi connectivity index (χ2v) is 10.5. The highest BCUT2D eigenvalue weighted by atomic mass is 32.9. The van der Waals surface area contributed by atoms with E-state index in [0.717, 1.165) is 0 Å². The average molecular weight is 307 g/mol. The molecular weight excluding hydrogens is 295 g/mol. The molecule has 3 nitrogen and oxygen atoms in total. The molecule has 0 N–H and O–H groups in total. The highest BCUT2D eigenvalue weighted by Crippen LogP contribution is 2.45. The lowest BCUT2D eigenvalue weighted by Crippen LogP contribution is -2.04. The monoisotopic (exact) mass is 307 g/mol. The Morgan fingerprint density at radius 1 is 1.53 bits per heavy atom. The van der Waals surface area contributed by atoms with Gasteiger partial charge in [0.1, 0.15) is 11.4 Å². The van der Waals surface area contributed by atoms with Crippen LogP contribution in [0.1, 0.15) is 19.3 Å². The number of rotatable bonds is 4. The summed E-state index contributed by atoms with van der Waals surface area (Å²) >= 11 is 6.50. The first-order valence-electron chi connectivity index (χ1n) is 4.96. The molecule has 17 heavy (non-hydrogen) atoms. The maximum Gasteiger partial charge on any atom is 0.475 e. The minimum atomic E-state index is -2.84. The third-order valence-corrected chi connectivity index (χ3v) is 7.74. The molecule has 0 aliphatic carbocycles. The molecule has 0 spiro atoms. The van der Waals surface area contributed by atoms with Crippen molar-refractivity contribution in [3.05, 3.63) is 0 Å². The standard InChI is InChI=1S/C10H12O3PS3/c1-2-3-4-5-7-13-14(15)16-10-6-8-17(11,12)9-10/h1,10H,3-4,6,8-9H2/q+1. The summed E-state index contributed by atoms with van der Waals surface area (Å²) in [5.41, 5.74) is 0. The summed E-state index contributed by atoms with van der Waals surface area (Å²) in [6.45, 7) is 0. The zero-order chi connectivity index (χ0) is 12.7. The number of terminal acetylenes is 1. The molecular formula is C10H12O3PS3+. The Morgan fingerprint density at radius 2 is 2.29 bits per heavy atom. The molecule has 1 aliphatic rings. The molecule has 1 aliphatic heterocycles. The lowest BCUT2D eigenvalue weighted by molar-refractivity contribution is 0.602. The third kappa shape index (κ3) is 6.29. The quantitative estimate of drug-likeness (QED) is 0.452. The van der Waals surface area contributed by atoms with Crippen LogP contribution in [0, 0.1) is 24.4 Å². The Balaban J connectivity index is 2.26. The van der Waals surface area contributed by atoms with Gasteiger partial charge in [0.25, 0.3) is 0 Å². The lowest BCUT2D eigenvalue weighted by atomic mass is 10.3. The van der Waals surface area contributed by atoms with Crippen LogP contribution in [-0.2, 0) is 26.2 Å². The maximum absolute atomic E-state index is 11.2. The summed E-state index contributed by atoms with van der Waals surface area (Å²) < 4.78 is 27.6. The lowest BCUT2D eigenvalue weighted by Gasteiger charge is -1.94. The van der Waals surface area contributed by atoms with Crippen LogP contribution in [0.15, 0.2) is 0 Å². The fraction of sp³-hybridized carbons (Fsp3) is 0.600. The molecule has 0 amide bonds. The first-order valence-corrected chi connectivity index (χ1v) is 10.5. The van der Waals surface area contributed by atoms with E-state index >= 15 is 0 Å². The number of sulfone groups is 1. The van der Waals surface area contributed by atoms with E-state index in [1.54, 1.807) is 0 Å². The van der Waals surface area contributed by atoms with Crippen LogP contribution < -0.4 is 0 Å². The number of unbranched alkanes of at least 4 members (excludes halogenated alkanes) is 1. The maximum atomic E-state index is 11.2. The Bertz CT molecular complexity index is 481. The van der Waals surface area contributed by atoms with Gasteiger partial charge in [-0.1, -0.05) is 5.92 Å². The van der Waals surface area contributed by atoms with Crippen LogP contribution in [0.25, 0.3) is 0 Å². The van der Waals surface area contributed by atoms with Gasteiger partial charge in [-0.3, -0.25) is 0 Å². The van der Waals surface area contributed by atoms with Gasteiger partial charge in [0.05, 0.1) is 16.8 Å². The molecule has 0 bridgehead atoms. The van der Waals surface area contributed by atoms with E-state index in [9.17, 15) is 8.42 Å². The number of hydrogen-bond donors (Lipinski definition) is 0. The predicted octanol–water partition coefficient (Wildman–Crippen LogP) is 2.07. The van der Waals surface area contributed by atoms with Crippen molar-refractivity contribution in [2.75, 3.05) is 11.5 Å². The Labute approximate surface area is 112 Å². The molecule has 2 atom stereocenters. The van der Waals surface area contributed by atoms with Crippen molar-refractivity contribution < 1.29 is 12.9 Å². The van der Waals surface area contributed by atoms with E-state index in [1.165, 1.54) is 11.4 Å². The molecule has 1 fully saturated rings. The smallest absolute Gasteiger partial charge is 0.229 e. The summed E-state index contributed by atoms with van der Waals surface area (Å²) in [7, 11) is -2.84. The van der Waals surface area contributed by atoms with Crippen molar-refractivity contribution in [2.45, 2.75) is 24.5 Å². The van der Waals surface area contributed by atoms with Gasteiger partial charge in [-0.05, 0) is 6.42 Å². The Hall–Kier alpha value is -0.260. The van der Waals surface area contributed by atoms with E-state index < -0.39 is 16.0 Å². The van der Waals surface area contributed by atoms with Crippen molar-refractivity contribution >= 4 is 39.2 Å². The SMILES string of the molecule is C#CCCC#CO[P+](=S)SC1CCS(=O)(=O)C1. The largest absolute Gasteiger partial charge is 0.475 e. The van der Waals surface area contributed by atoms with Gasteiger partial charge in [0.15, 0.2) is 15.9 Å². The second-order valence-electron chi connectivity index (χ2n) is 3.43. The van der Waals surface area contributed by atoms with Crippen molar-refractivity contribution in [1.29, 1.82) is 0 Å². The molecule has 0 aromatic carbocycles. The van der Waals surface area contributed by atoms with Crippen LogP contribution in [-0.4, -0.2) is 25.2 Å². The Kier molecular flexibility index (Phi) is 6.30. The third-order valence-electron chi connectivity index (χ3n) is 2.01. The predicted molar refractivity (Wildman–Crippen MR) is 75.9 cm³/mol. The summed E-state index contributed by atoms with van der Waals surface area (Å²) in [5, 5.41) is 0.0659. The first kappa shape index (κ1) is 14.8. The molecule has 1 rings (SSSR count). The van der Waals surface area contributed by atoms with Gasteiger partial charge in [-0.25, -0.2) is 12.9 Å². The molecule has 1 heterocycles. The molecule has 0 aromatic rings. The second kappa shape index (κ2) is 7.24. The summed E-state index contributed by atoms with van der Waals surface area (Å²) in [6, 6.07) is 0. The zero-order valence-corrected chi connectivity index (χ0v) is 12.4. The van der Waals surface area contributed by atoms with Crippen molar-refractivity contribution in [3.8, 4) is 24.4 Å². The van der Waals surface area contributed by atoms with E-state index in [0.29, 0.717) is 19.3 Å². The molecule has 2 unspecified atom stereocenters. The van der Waals surface area contributed by atoms with Crippen LogP contribution in [0.5, 0.6) is 0 Å². The molecule has 0 aromatic heterocycles. The average Bonchev–Trinajstić information content (AvgIpc) is 2.57. The molecule has 0 saturated carbocycles. The fourth-order valence-corrected chi connectivity index (χ4v) is 7.49. The number of hydrogen-bond acceptors (Lipinski definition) is 5. The van der Waals surface area contributed by atoms with Crippen LogP contribution in [0.2, 0.25) is 0 Å². The highest BCUT2D eigenvalue weighted by Gasteiger charge is 2.34. The molecule has 92 valence electrons. The van der Waals surface area contributed by atoms with Gasteiger partial charge in [-0.2, -0.15) is 0 Å². The van der Waals surface area contributed by atoms with Crippen molar-refractivity contribution in [2.24, 2.45) is 0 Å². The first-order chi connectivity index (χ1) is 8.03. The van der Waals surface area contributed by atoms with E-state index in [-0.39, 0.29) is 16.8 Å². The normalized spacial score (nSPS) is 22.1. The molecule has 1 saturated heterocycles. The van der Waals surface area contributed by atoms with E-state index in [4.69, 9.17) is 22.8 Å². The minimum Gasteiger partial charge on any atom is -0.229 e. The van der Waals surface area contributed by atoms with Gasteiger partial charge >= 0.3 is 6.13 Å². The molecule has 0 radical (unpaired) electrons. The van der Waals surface area contributed by atoms with Gasteiger partial charge in [0.2, 0.25) is 11.8 Å². The van der Waals surface area contributed by atoms with Crippen molar-refractivity contribution in [1.82, 2.24) is 0 Å². The minimum absolute atomic E-state index is 0.0659. The van der Waals surface area contributed by atoms with E-state index in [1.807, 2.05) is 0 Å². The van der Waals surface area contributed by atoms with Crippen LogP contribution in [0.4, 0.5) is 0 Å². The summed E-state index contributed by atoms with van der Waals surface area (Å²) in [5.74, 6) is 5.70. The van der Waals surface area contributed by atoms with Crippen LogP contribution >= 0.6 is 17.5 Å². The van der Waals surface area contributed by atoms with E-state index in [2.05, 4.69) is 17.9 Å². The van der Waals surface area contributed by atoms with Gasteiger partial charge < -0.3 is 0 Å². The highest BCUT2D eigenvalue weighted by molar-refractivity contribution is 8.63. The molecule has 7 heteroatoms. The van der Waals surface area contributed by atoms with Crippen LogP contribution in [0.3, 0.4) is 0 Å².